The van der Waals surface area contributed by atoms with Gasteiger partial charge in [0.2, 0.25) is 0 Å². The molecule has 1 aliphatic rings. The lowest BCUT2D eigenvalue weighted by Gasteiger charge is -2.31. The van der Waals surface area contributed by atoms with Crippen LogP contribution in [-0.4, -0.2) is 51.6 Å². The Bertz CT molecular complexity index is 604. The van der Waals surface area contributed by atoms with Crippen molar-refractivity contribution in [2.75, 3.05) is 20.1 Å². The molecule has 1 amide bonds. The van der Waals surface area contributed by atoms with E-state index >= 15 is 0 Å². The van der Waals surface area contributed by atoms with Crippen molar-refractivity contribution in [2.45, 2.75) is 18.9 Å². The second-order valence-corrected chi connectivity index (χ2v) is 5.28. The Hall–Kier alpha value is -2.21. The lowest BCUT2D eigenvalue weighted by Crippen LogP contribution is -2.45. The standard InChI is InChI=1S/C15H19N5O/c1-19(13-4-7-16-8-5-13)15(21)20-10-14(18-11-20)12-3-2-6-17-9-12/h2-3,6,9-11,13,16H,4-5,7-8H2,1H3. The van der Waals surface area contributed by atoms with Crippen LogP contribution >= 0.6 is 0 Å². The highest BCUT2D eigenvalue weighted by atomic mass is 16.2. The molecule has 1 N–H and O–H groups in total. The highest BCUT2D eigenvalue weighted by Gasteiger charge is 2.23. The van der Waals surface area contributed by atoms with Gasteiger partial charge in [0.1, 0.15) is 6.33 Å². The minimum atomic E-state index is -0.0375. The van der Waals surface area contributed by atoms with Gasteiger partial charge in [0, 0.05) is 37.2 Å². The first-order chi connectivity index (χ1) is 10.3. The molecular weight excluding hydrogens is 266 g/mol. The van der Waals surface area contributed by atoms with Crippen LogP contribution in [0, 0.1) is 0 Å². The largest absolute Gasteiger partial charge is 0.329 e. The number of nitrogens with zero attached hydrogens (tertiary/aromatic N) is 4. The molecule has 21 heavy (non-hydrogen) atoms. The van der Waals surface area contributed by atoms with Gasteiger partial charge >= 0.3 is 6.03 Å². The van der Waals surface area contributed by atoms with Gasteiger partial charge in [-0.1, -0.05) is 0 Å². The van der Waals surface area contributed by atoms with Gasteiger partial charge in [0.05, 0.1) is 5.69 Å². The number of carbonyl (C=O) groups excluding carboxylic acids is 1. The van der Waals surface area contributed by atoms with E-state index in [9.17, 15) is 4.79 Å². The smallest absolute Gasteiger partial charge is 0.324 e. The van der Waals surface area contributed by atoms with Gasteiger partial charge in [-0.25, -0.2) is 9.78 Å². The molecule has 3 heterocycles. The summed E-state index contributed by atoms with van der Waals surface area (Å²) in [5, 5.41) is 3.31. The number of hydrogen-bond acceptors (Lipinski definition) is 4. The van der Waals surface area contributed by atoms with E-state index in [0.29, 0.717) is 6.04 Å². The van der Waals surface area contributed by atoms with Crippen LogP contribution in [0.3, 0.4) is 0 Å². The first-order valence-electron chi connectivity index (χ1n) is 7.18. The van der Waals surface area contributed by atoms with Crippen LogP contribution in [0.15, 0.2) is 37.1 Å². The molecule has 0 unspecified atom stereocenters. The lowest BCUT2D eigenvalue weighted by molar-refractivity contribution is 0.178. The Morgan fingerprint density at radius 1 is 1.43 bits per heavy atom. The Kier molecular flexibility index (Phi) is 3.96. The van der Waals surface area contributed by atoms with Crippen LogP contribution in [-0.2, 0) is 0 Å². The monoisotopic (exact) mass is 285 g/mol. The fourth-order valence-corrected chi connectivity index (χ4v) is 2.62. The number of amides is 1. The molecule has 6 nitrogen and oxygen atoms in total. The van der Waals surface area contributed by atoms with Crippen molar-refractivity contribution in [3.05, 3.63) is 37.1 Å². The summed E-state index contributed by atoms with van der Waals surface area (Å²) in [7, 11) is 1.86. The van der Waals surface area contributed by atoms with Crippen molar-refractivity contribution in [3.8, 4) is 11.3 Å². The molecule has 0 aromatic carbocycles. The van der Waals surface area contributed by atoms with Gasteiger partial charge in [-0.15, -0.1) is 0 Å². The van der Waals surface area contributed by atoms with Gasteiger partial charge in [-0.3, -0.25) is 9.55 Å². The molecule has 2 aromatic heterocycles. The zero-order valence-corrected chi connectivity index (χ0v) is 12.1. The molecule has 6 heteroatoms. The number of pyridine rings is 1. The first-order valence-corrected chi connectivity index (χ1v) is 7.18. The highest BCUT2D eigenvalue weighted by molar-refractivity contribution is 5.78. The van der Waals surface area contributed by atoms with E-state index in [-0.39, 0.29) is 6.03 Å². The number of nitrogens with one attached hydrogen (secondary N) is 1. The first kappa shape index (κ1) is 13.8. The number of hydrogen-bond donors (Lipinski definition) is 1. The molecule has 0 atom stereocenters. The third-order valence-corrected chi connectivity index (χ3v) is 3.92. The van der Waals surface area contributed by atoms with Crippen molar-refractivity contribution in [1.29, 1.82) is 0 Å². The summed E-state index contributed by atoms with van der Waals surface area (Å²) in [6, 6.07) is 4.05. The van der Waals surface area contributed by atoms with Crippen LogP contribution < -0.4 is 5.32 Å². The SMILES string of the molecule is CN(C(=O)n1cnc(-c2cccnc2)c1)C1CCNCC1. The second kappa shape index (κ2) is 6.05. The van der Waals surface area contributed by atoms with Crippen molar-refractivity contribution in [1.82, 2.24) is 24.8 Å². The summed E-state index contributed by atoms with van der Waals surface area (Å²) in [5.41, 5.74) is 1.67. The summed E-state index contributed by atoms with van der Waals surface area (Å²) in [5.74, 6) is 0. The van der Waals surface area contributed by atoms with Crippen molar-refractivity contribution in [2.24, 2.45) is 0 Å². The van der Waals surface area contributed by atoms with Crippen molar-refractivity contribution < 1.29 is 4.79 Å². The quantitative estimate of drug-likeness (QED) is 0.910. The van der Waals surface area contributed by atoms with E-state index in [4.69, 9.17) is 0 Å². The molecule has 3 rings (SSSR count). The fourth-order valence-electron chi connectivity index (χ4n) is 2.62. The molecule has 0 saturated carbocycles. The minimum absolute atomic E-state index is 0.0375. The predicted octanol–water partition coefficient (Wildman–Crippen LogP) is 1.60. The average Bonchev–Trinajstić information content (AvgIpc) is 3.05. The Morgan fingerprint density at radius 2 is 2.24 bits per heavy atom. The van der Waals surface area contributed by atoms with Crippen LogP contribution in [0.2, 0.25) is 0 Å². The molecule has 1 fully saturated rings. The Balaban J connectivity index is 1.74. The maximum atomic E-state index is 12.5. The molecule has 2 aromatic rings. The van der Waals surface area contributed by atoms with Gasteiger partial charge in [0.25, 0.3) is 0 Å². The van der Waals surface area contributed by atoms with E-state index in [1.54, 1.807) is 29.5 Å². The minimum Gasteiger partial charge on any atom is -0.324 e. The summed E-state index contributed by atoms with van der Waals surface area (Å²) in [6.45, 7) is 1.93. The summed E-state index contributed by atoms with van der Waals surface area (Å²) in [4.78, 5) is 22.7. The number of carbonyl (C=O) groups is 1. The Labute approximate surface area is 123 Å². The molecule has 1 saturated heterocycles. The molecule has 0 radical (unpaired) electrons. The Morgan fingerprint density at radius 3 is 2.95 bits per heavy atom. The third-order valence-electron chi connectivity index (χ3n) is 3.92. The molecule has 1 aliphatic heterocycles. The lowest BCUT2D eigenvalue weighted by atomic mass is 10.1. The van der Waals surface area contributed by atoms with Gasteiger partial charge in [-0.2, -0.15) is 0 Å². The average molecular weight is 285 g/mol. The number of rotatable bonds is 2. The number of piperidine rings is 1. The molecule has 0 spiro atoms. The van der Waals surface area contributed by atoms with Crippen LogP contribution in [0.5, 0.6) is 0 Å². The molecular formula is C15H19N5O. The van der Waals surface area contributed by atoms with E-state index in [0.717, 1.165) is 37.2 Å². The molecule has 110 valence electrons. The van der Waals surface area contributed by atoms with E-state index in [2.05, 4.69) is 15.3 Å². The van der Waals surface area contributed by atoms with Crippen LogP contribution in [0.4, 0.5) is 4.79 Å². The summed E-state index contributed by atoms with van der Waals surface area (Å²) < 4.78 is 1.55. The maximum Gasteiger partial charge on any atom is 0.329 e. The van der Waals surface area contributed by atoms with Gasteiger partial charge < -0.3 is 10.2 Å². The number of imidazole rings is 1. The second-order valence-electron chi connectivity index (χ2n) is 5.28. The summed E-state index contributed by atoms with van der Waals surface area (Å²) >= 11 is 0. The highest BCUT2D eigenvalue weighted by Crippen LogP contribution is 2.16. The van der Waals surface area contributed by atoms with Gasteiger partial charge in [-0.05, 0) is 38.1 Å². The molecule has 0 bridgehead atoms. The van der Waals surface area contributed by atoms with Crippen LogP contribution in [0.1, 0.15) is 12.8 Å². The van der Waals surface area contributed by atoms with Crippen molar-refractivity contribution in [3.63, 3.8) is 0 Å². The fraction of sp³-hybridized carbons (Fsp3) is 0.400. The topological polar surface area (TPSA) is 63.1 Å². The van der Waals surface area contributed by atoms with Crippen molar-refractivity contribution >= 4 is 6.03 Å². The number of aromatic nitrogens is 3. The van der Waals surface area contributed by atoms with E-state index in [1.807, 2.05) is 24.1 Å². The zero-order valence-electron chi connectivity index (χ0n) is 12.1. The third kappa shape index (κ3) is 2.95. The normalized spacial score (nSPS) is 15.9. The van der Waals surface area contributed by atoms with Crippen LogP contribution in [0.25, 0.3) is 11.3 Å². The van der Waals surface area contributed by atoms with E-state index in [1.165, 1.54) is 0 Å². The van der Waals surface area contributed by atoms with Gasteiger partial charge in [0.15, 0.2) is 0 Å². The predicted molar refractivity (Wildman–Crippen MR) is 79.9 cm³/mol. The summed E-state index contributed by atoms with van der Waals surface area (Å²) in [6.07, 6.45) is 8.78. The van der Waals surface area contributed by atoms with E-state index < -0.39 is 0 Å². The maximum absolute atomic E-state index is 12.5. The zero-order chi connectivity index (χ0) is 14.7. The molecule has 0 aliphatic carbocycles.